The fraction of sp³-hybridized carbons (Fsp3) is 0.417. The van der Waals surface area contributed by atoms with E-state index < -0.39 is 0 Å². The number of hydrogen-bond donors (Lipinski definition) is 1. The minimum absolute atomic E-state index is 0.153. The Morgan fingerprint density at radius 1 is 1.35 bits per heavy atom. The summed E-state index contributed by atoms with van der Waals surface area (Å²) in [6, 6.07) is 3.28. The molecule has 0 aliphatic heterocycles. The number of ether oxygens (including phenoxy) is 1. The van der Waals surface area contributed by atoms with Crippen molar-refractivity contribution in [3.63, 3.8) is 0 Å². The lowest BCUT2D eigenvalue weighted by Crippen LogP contribution is -2.12. The van der Waals surface area contributed by atoms with E-state index in [9.17, 15) is 0 Å². The van der Waals surface area contributed by atoms with E-state index in [1.165, 1.54) is 0 Å². The number of aromatic nitrogens is 4. The summed E-state index contributed by atoms with van der Waals surface area (Å²) in [4.78, 5) is 0. The summed E-state index contributed by atoms with van der Waals surface area (Å²) < 4.78 is 7.09. The third-order valence-corrected chi connectivity index (χ3v) is 3.38. The largest absolute Gasteiger partial charge is 0.399 e. The first kappa shape index (κ1) is 15.0. The number of hydrogen-bond acceptors (Lipinski definition) is 5. The second kappa shape index (κ2) is 6.39. The minimum Gasteiger partial charge on any atom is -0.399 e. The standard InChI is InChI=1S/C12H15Cl2N5O/c1-7(2)20-4-3-19-12(16-17-18-19)9-5-8(15)6-10(13)11(9)14/h5-7H,3-4,15H2,1-2H3. The Bertz CT molecular complexity index is 600. The molecule has 0 spiro atoms. The minimum atomic E-state index is 0.153. The molecule has 2 N–H and O–H groups in total. The molecule has 1 aromatic carbocycles. The monoisotopic (exact) mass is 315 g/mol. The van der Waals surface area contributed by atoms with Gasteiger partial charge in [-0.3, -0.25) is 0 Å². The van der Waals surface area contributed by atoms with Gasteiger partial charge in [0.15, 0.2) is 5.82 Å². The van der Waals surface area contributed by atoms with E-state index >= 15 is 0 Å². The van der Waals surface area contributed by atoms with E-state index in [0.717, 1.165) is 0 Å². The summed E-state index contributed by atoms with van der Waals surface area (Å²) in [5.74, 6) is 0.511. The van der Waals surface area contributed by atoms with E-state index in [0.29, 0.717) is 40.3 Å². The first-order valence-electron chi connectivity index (χ1n) is 6.11. The lowest BCUT2D eigenvalue weighted by molar-refractivity contribution is 0.0709. The highest BCUT2D eigenvalue weighted by molar-refractivity contribution is 6.43. The zero-order valence-corrected chi connectivity index (χ0v) is 12.7. The maximum absolute atomic E-state index is 6.19. The molecule has 108 valence electrons. The van der Waals surface area contributed by atoms with Crippen LogP contribution in [0.2, 0.25) is 10.0 Å². The van der Waals surface area contributed by atoms with Gasteiger partial charge in [-0.25, -0.2) is 4.68 Å². The first-order valence-corrected chi connectivity index (χ1v) is 6.87. The number of nitrogen functional groups attached to an aromatic ring is 1. The van der Waals surface area contributed by atoms with Crippen LogP contribution in [0.5, 0.6) is 0 Å². The van der Waals surface area contributed by atoms with E-state index in [4.69, 9.17) is 33.7 Å². The van der Waals surface area contributed by atoms with Gasteiger partial charge in [0.25, 0.3) is 0 Å². The quantitative estimate of drug-likeness (QED) is 0.858. The molecule has 8 heteroatoms. The van der Waals surface area contributed by atoms with Gasteiger partial charge in [-0.1, -0.05) is 23.2 Å². The Hall–Kier alpha value is -1.37. The van der Waals surface area contributed by atoms with Crippen molar-refractivity contribution in [2.45, 2.75) is 26.5 Å². The number of rotatable bonds is 5. The Balaban J connectivity index is 2.28. The van der Waals surface area contributed by atoms with Crippen LogP contribution in [0.25, 0.3) is 11.4 Å². The number of tetrazole rings is 1. The van der Waals surface area contributed by atoms with Crippen molar-refractivity contribution < 1.29 is 4.74 Å². The smallest absolute Gasteiger partial charge is 0.183 e. The summed E-state index contributed by atoms with van der Waals surface area (Å²) in [6.07, 6.45) is 0.153. The molecule has 0 saturated carbocycles. The average Bonchev–Trinajstić information content (AvgIpc) is 2.81. The fourth-order valence-electron chi connectivity index (χ4n) is 1.70. The van der Waals surface area contributed by atoms with E-state index in [1.807, 2.05) is 13.8 Å². The molecule has 6 nitrogen and oxygen atoms in total. The van der Waals surface area contributed by atoms with E-state index in [-0.39, 0.29) is 6.10 Å². The molecule has 0 unspecified atom stereocenters. The predicted octanol–water partition coefficient (Wildman–Crippen LogP) is 2.65. The number of nitrogens with zero attached hydrogens (tertiary/aromatic N) is 4. The fourth-order valence-corrected chi connectivity index (χ4v) is 2.12. The molecule has 20 heavy (non-hydrogen) atoms. The second-order valence-electron chi connectivity index (χ2n) is 4.51. The van der Waals surface area contributed by atoms with Gasteiger partial charge in [-0.15, -0.1) is 5.10 Å². The maximum atomic E-state index is 6.19. The molecule has 0 aliphatic carbocycles. The van der Waals surface area contributed by atoms with Crippen molar-refractivity contribution >= 4 is 28.9 Å². The highest BCUT2D eigenvalue weighted by atomic mass is 35.5. The van der Waals surface area contributed by atoms with E-state index in [1.54, 1.807) is 16.8 Å². The Morgan fingerprint density at radius 2 is 2.10 bits per heavy atom. The normalized spacial score (nSPS) is 11.2. The second-order valence-corrected chi connectivity index (χ2v) is 5.29. The van der Waals surface area contributed by atoms with Crippen molar-refractivity contribution in [1.82, 2.24) is 20.2 Å². The molecule has 1 heterocycles. The molecular formula is C12H15Cl2N5O. The van der Waals surface area contributed by atoms with Crippen LogP contribution in [0.1, 0.15) is 13.8 Å². The van der Waals surface area contributed by atoms with Crippen molar-refractivity contribution in [2.75, 3.05) is 12.3 Å². The zero-order chi connectivity index (χ0) is 14.7. The van der Waals surface area contributed by atoms with Crippen LogP contribution >= 0.6 is 23.2 Å². The average molecular weight is 316 g/mol. The molecule has 2 aromatic rings. The molecule has 1 aromatic heterocycles. The maximum Gasteiger partial charge on any atom is 0.183 e. The van der Waals surface area contributed by atoms with Crippen LogP contribution in [0, 0.1) is 0 Å². The van der Waals surface area contributed by atoms with Crippen LogP contribution in [0.3, 0.4) is 0 Å². The molecule has 0 bridgehead atoms. The number of anilines is 1. The molecule has 0 aliphatic rings. The molecule has 0 atom stereocenters. The number of nitrogens with two attached hydrogens (primary N) is 1. The van der Waals surface area contributed by atoms with Gasteiger partial charge in [0.05, 0.1) is 29.3 Å². The Morgan fingerprint density at radius 3 is 2.80 bits per heavy atom. The van der Waals surface area contributed by atoms with Crippen LogP contribution < -0.4 is 5.73 Å². The topological polar surface area (TPSA) is 78.8 Å². The van der Waals surface area contributed by atoms with Gasteiger partial charge >= 0.3 is 0 Å². The van der Waals surface area contributed by atoms with Gasteiger partial charge < -0.3 is 10.5 Å². The van der Waals surface area contributed by atoms with Crippen LogP contribution in [-0.2, 0) is 11.3 Å². The molecule has 0 radical (unpaired) electrons. The van der Waals surface area contributed by atoms with Crippen LogP contribution in [0.4, 0.5) is 5.69 Å². The van der Waals surface area contributed by atoms with Crippen molar-refractivity contribution in [1.29, 1.82) is 0 Å². The van der Waals surface area contributed by atoms with Crippen LogP contribution in [0.15, 0.2) is 12.1 Å². The lowest BCUT2D eigenvalue weighted by Gasteiger charge is -2.10. The number of halogens is 2. The summed E-state index contributed by atoms with van der Waals surface area (Å²) in [7, 11) is 0. The zero-order valence-electron chi connectivity index (χ0n) is 11.2. The summed E-state index contributed by atoms with van der Waals surface area (Å²) in [5, 5.41) is 12.3. The van der Waals surface area contributed by atoms with Crippen LogP contribution in [-0.4, -0.2) is 32.9 Å². The number of benzene rings is 1. The van der Waals surface area contributed by atoms with Crippen molar-refractivity contribution in [3.05, 3.63) is 22.2 Å². The molecular weight excluding hydrogens is 301 g/mol. The lowest BCUT2D eigenvalue weighted by atomic mass is 10.2. The predicted molar refractivity (Wildman–Crippen MR) is 78.8 cm³/mol. The van der Waals surface area contributed by atoms with Crippen molar-refractivity contribution in [2.24, 2.45) is 0 Å². The van der Waals surface area contributed by atoms with Gasteiger partial charge in [0.1, 0.15) is 0 Å². The van der Waals surface area contributed by atoms with Gasteiger partial charge in [0, 0.05) is 11.3 Å². The Kier molecular flexibility index (Phi) is 4.80. The highest BCUT2D eigenvalue weighted by Crippen LogP contribution is 2.34. The summed E-state index contributed by atoms with van der Waals surface area (Å²) in [5.41, 5.74) is 6.88. The Labute approximate surface area is 126 Å². The van der Waals surface area contributed by atoms with Gasteiger partial charge in [-0.2, -0.15) is 0 Å². The molecule has 2 rings (SSSR count). The third kappa shape index (κ3) is 3.39. The van der Waals surface area contributed by atoms with E-state index in [2.05, 4.69) is 15.5 Å². The molecule has 0 fully saturated rings. The molecule has 0 amide bonds. The van der Waals surface area contributed by atoms with Gasteiger partial charge in [-0.05, 0) is 36.4 Å². The molecule has 0 saturated heterocycles. The SMILES string of the molecule is CC(C)OCCn1nnnc1-c1cc(N)cc(Cl)c1Cl. The summed E-state index contributed by atoms with van der Waals surface area (Å²) >= 11 is 12.2. The summed E-state index contributed by atoms with van der Waals surface area (Å²) in [6.45, 7) is 4.96. The first-order chi connectivity index (χ1) is 9.49. The highest BCUT2D eigenvalue weighted by Gasteiger charge is 2.15. The van der Waals surface area contributed by atoms with Gasteiger partial charge in [0.2, 0.25) is 0 Å². The third-order valence-electron chi connectivity index (χ3n) is 2.58. The van der Waals surface area contributed by atoms with Crippen molar-refractivity contribution in [3.8, 4) is 11.4 Å².